The molecule has 0 aromatic carbocycles. The van der Waals surface area contributed by atoms with Gasteiger partial charge in [-0.15, -0.1) is 0 Å². The van der Waals surface area contributed by atoms with Crippen molar-refractivity contribution in [3.8, 4) is 0 Å². The Balaban J connectivity index is 1.97. The number of likely N-dealkylation sites (tertiary alicyclic amines) is 1. The van der Waals surface area contributed by atoms with Gasteiger partial charge in [0.25, 0.3) is 0 Å². The van der Waals surface area contributed by atoms with E-state index in [0.29, 0.717) is 13.2 Å². The Morgan fingerprint density at radius 2 is 2.12 bits per heavy atom. The number of ether oxygens (including phenoxy) is 1. The van der Waals surface area contributed by atoms with Crippen molar-refractivity contribution in [2.45, 2.75) is 32.6 Å². The summed E-state index contributed by atoms with van der Waals surface area (Å²) >= 11 is 0. The summed E-state index contributed by atoms with van der Waals surface area (Å²) in [4.78, 5) is 13.7. The van der Waals surface area contributed by atoms with Crippen molar-refractivity contribution in [2.75, 3.05) is 39.8 Å². The van der Waals surface area contributed by atoms with Crippen LogP contribution in [0.5, 0.6) is 0 Å². The number of rotatable bonds is 7. The van der Waals surface area contributed by atoms with Crippen LogP contribution in [0.15, 0.2) is 0 Å². The minimum Gasteiger partial charge on any atom is -0.465 e. The molecule has 0 aromatic heterocycles. The molecule has 1 heterocycles. The van der Waals surface area contributed by atoms with Gasteiger partial charge in [0.15, 0.2) is 0 Å². The number of nitrogens with zero attached hydrogens (tertiary/aromatic N) is 1. The summed E-state index contributed by atoms with van der Waals surface area (Å²) in [7, 11) is 2.16. The second kappa shape index (κ2) is 8.48. The van der Waals surface area contributed by atoms with E-state index in [1.807, 2.05) is 0 Å². The van der Waals surface area contributed by atoms with Crippen LogP contribution in [0, 0.1) is 5.92 Å². The van der Waals surface area contributed by atoms with Crippen LogP contribution in [0.1, 0.15) is 32.6 Å². The van der Waals surface area contributed by atoms with Crippen LogP contribution < -0.4 is 5.32 Å². The number of carbonyl (C=O) groups is 1. The van der Waals surface area contributed by atoms with Crippen LogP contribution in [-0.4, -0.2) is 50.7 Å². The topological polar surface area (TPSA) is 41.6 Å². The second-order valence-corrected chi connectivity index (χ2v) is 4.95. The van der Waals surface area contributed by atoms with Crippen LogP contribution >= 0.6 is 0 Å². The molecule has 0 aromatic rings. The first-order valence-corrected chi connectivity index (χ1v) is 6.77. The number of nitrogens with one attached hydrogen (secondary N) is 1. The number of hydrogen-bond donors (Lipinski definition) is 1. The van der Waals surface area contributed by atoms with Gasteiger partial charge in [-0.1, -0.05) is 13.3 Å². The highest BCUT2D eigenvalue weighted by Crippen LogP contribution is 2.14. The number of hydrogen-bond acceptors (Lipinski definition) is 4. The lowest BCUT2D eigenvalue weighted by molar-refractivity contribution is -0.142. The highest BCUT2D eigenvalue weighted by atomic mass is 16.5. The number of unbranched alkanes of at least 4 members (excludes halogenated alkanes) is 1. The van der Waals surface area contributed by atoms with Crippen molar-refractivity contribution in [3.05, 3.63) is 0 Å². The summed E-state index contributed by atoms with van der Waals surface area (Å²) in [6, 6.07) is 0. The van der Waals surface area contributed by atoms with Gasteiger partial charge in [-0.25, -0.2) is 0 Å². The lowest BCUT2D eigenvalue weighted by atomic mass is 9.97. The lowest BCUT2D eigenvalue weighted by Gasteiger charge is -2.28. The summed E-state index contributed by atoms with van der Waals surface area (Å²) in [5, 5.41) is 3.20. The second-order valence-electron chi connectivity index (χ2n) is 4.95. The van der Waals surface area contributed by atoms with E-state index in [-0.39, 0.29) is 5.97 Å². The Bertz CT molecular complexity index is 213. The SMILES string of the molecule is CCCCOC(=O)CNCC1CCN(C)CC1. The molecule has 1 aliphatic rings. The van der Waals surface area contributed by atoms with Crippen molar-refractivity contribution in [1.82, 2.24) is 10.2 Å². The van der Waals surface area contributed by atoms with E-state index in [9.17, 15) is 4.79 Å². The highest BCUT2D eigenvalue weighted by Gasteiger charge is 2.16. The molecule has 1 N–H and O–H groups in total. The monoisotopic (exact) mass is 242 g/mol. The third-order valence-corrected chi connectivity index (χ3v) is 3.30. The van der Waals surface area contributed by atoms with Gasteiger partial charge in [-0.05, 0) is 51.9 Å². The average Bonchev–Trinajstić information content (AvgIpc) is 2.32. The smallest absolute Gasteiger partial charge is 0.319 e. The Hall–Kier alpha value is -0.610. The summed E-state index contributed by atoms with van der Waals surface area (Å²) in [6.07, 6.45) is 4.49. The predicted molar refractivity (Wildman–Crippen MR) is 69.0 cm³/mol. The fourth-order valence-electron chi connectivity index (χ4n) is 2.03. The van der Waals surface area contributed by atoms with Gasteiger partial charge in [-0.3, -0.25) is 4.79 Å². The van der Waals surface area contributed by atoms with Gasteiger partial charge in [0.05, 0.1) is 13.2 Å². The summed E-state index contributed by atoms with van der Waals surface area (Å²) in [5.74, 6) is 0.598. The molecule has 1 aliphatic heterocycles. The average molecular weight is 242 g/mol. The maximum atomic E-state index is 11.3. The van der Waals surface area contributed by atoms with Gasteiger partial charge in [-0.2, -0.15) is 0 Å². The van der Waals surface area contributed by atoms with Crippen molar-refractivity contribution in [2.24, 2.45) is 5.92 Å². The molecule has 4 heteroatoms. The van der Waals surface area contributed by atoms with Gasteiger partial charge < -0.3 is 15.0 Å². The van der Waals surface area contributed by atoms with Crippen LogP contribution in [0.4, 0.5) is 0 Å². The first-order valence-electron chi connectivity index (χ1n) is 6.77. The highest BCUT2D eigenvalue weighted by molar-refractivity contribution is 5.71. The zero-order valence-corrected chi connectivity index (χ0v) is 11.2. The predicted octanol–water partition coefficient (Wildman–Crippen LogP) is 1.26. The maximum absolute atomic E-state index is 11.3. The molecule has 1 rings (SSSR count). The van der Waals surface area contributed by atoms with E-state index in [0.717, 1.165) is 25.3 Å². The van der Waals surface area contributed by atoms with E-state index >= 15 is 0 Å². The first kappa shape index (κ1) is 14.5. The summed E-state index contributed by atoms with van der Waals surface area (Å²) in [6.45, 7) is 6.30. The van der Waals surface area contributed by atoms with Crippen LogP contribution in [-0.2, 0) is 9.53 Å². The fourth-order valence-corrected chi connectivity index (χ4v) is 2.03. The normalized spacial score (nSPS) is 18.2. The zero-order valence-electron chi connectivity index (χ0n) is 11.2. The molecule has 0 spiro atoms. The van der Waals surface area contributed by atoms with Crippen LogP contribution in [0.2, 0.25) is 0 Å². The molecule has 0 atom stereocenters. The minimum absolute atomic E-state index is 0.119. The van der Waals surface area contributed by atoms with Gasteiger partial charge in [0, 0.05) is 0 Å². The van der Waals surface area contributed by atoms with Crippen molar-refractivity contribution >= 4 is 5.97 Å². The molecule has 4 nitrogen and oxygen atoms in total. The summed E-state index contributed by atoms with van der Waals surface area (Å²) < 4.78 is 5.08. The third-order valence-electron chi connectivity index (χ3n) is 3.30. The number of carbonyl (C=O) groups excluding carboxylic acids is 1. The Kier molecular flexibility index (Phi) is 7.21. The molecule has 0 amide bonds. The zero-order chi connectivity index (χ0) is 12.5. The van der Waals surface area contributed by atoms with E-state index in [1.165, 1.54) is 25.9 Å². The van der Waals surface area contributed by atoms with Crippen molar-refractivity contribution < 1.29 is 9.53 Å². The van der Waals surface area contributed by atoms with Gasteiger partial charge >= 0.3 is 5.97 Å². The minimum atomic E-state index is -0.119. The largest absolute Gasteiger partial charge is 0.465 e. The standard InChI is InChI=1S/C13H26N2O2/c1-3-4-9-17-13(16)11-14-10-12-5-7-15(2)8-6-12/h12,14H,3-11H2,1-2H3. The molecule has 0 saturated carbocycles. The number of piperidine rings is 1. The maximum Gasteiger partial charge on any atom is 0.319 e. The molecule has 0 radical (unpaired) electrons. The molecular weight excluding hydrogens is 216 g/mol. The lowest BCUT2D eigenvalue weighted by Crippen LogP contribution is -2.36. The Morgan fingerprint density at radius 3 is 2.76 bits per heavy atom. The van der Waals surface area contributed by atoms with Gasteiger partial charge in [0.2, 0.25) is 0 Å². The van der Waals surface area contributed by atoms with Crippen molar-refractivity contribution in [1.29, 1.82) is 0 Å². The van der Waals surface area contributed by atoms with Crippen molar-refractivity contribution in [3.63, 3.8) is 0 Å². The van der Waals surface area contributed by atoms with Gasteiger partial charge in [0.1, 0.15) is 0 Å². The van der Waals surface area contributed by atoms with E-state index in [1.54, 1.807) is 0 Å². The summed E-state index contributed by atoms with van der Waals surface area (Å²) in [5.41, 5.74) is 0. The molecular formula is C13H26N2O2. The molecule has 1 saturated heterocycles. The Labute approximate surface area is 105 Å². The molecule has 100 valence electrons. The molecule has 0 unspecified atom stereocenters. The van der Waals surface area contributed by atoms with E-state index < -0.39 is 0 Å². The quantitative estimate of drug-likeness (QED) is 0.539. The van der Waals surface area contributed by atoms with E-state index in [4.69, 9.17) is 4.74 Å². The van der Waals surface area contributed by atoms with Crippen LogP contribution in [0.3, 0.4) is 0 Å². The molecule has 0 bridgehead atoms. The number of esters is 1. The molecule has 1 fully saturated rings. The third kappa shape index (κ3) is 6.64. The van der Waals surface area contributed by atoms with Crippen LogP contribution in [0.25, 0.3) is 0 Å². The molecule has 17 heavy (non-hydrogen) atoms. The Morgan fingerprint density at radius 1 is 1.41 bits per heavy atom. The first-order chi connectivity index (χ1) is 8.22. The fraction of sp³-hybridized carbons (Fsp3) is 0.923. The van der Waals surface area contributed by atoms with E-state index in [2.05, 4.69) is 24.2 Å². The molecule has 0 aliphatic carbocycles.